The molecule has 1 saturated heterocycles. The number of aryl methyl sites for hydroxylation is 1. The minimum absolute atomic E-state index is 0.168. The van der Waals surface area contributed by atoms with Crippen LogP contribution in [0.1, 0.15) is 26.1 Å². The lowest BCUT2D eigenvalue weighted by Gasteiger charge is -2.37. The summed E-state index contributed by atoms with van der Waals surface area (Å²) in [7, 11) is 0. The van der Waals surface area contributed by atoms with Crippen molar-refractivity contribution in [2.24, 2.45) is 0 Å². The molecule has 1 fully saturated rings. The summed E-state index contributed by atoms with van der Waals surface area (Å²) in [4.78, 5) is 12.7. The van der Waals surface area contributed by atoms with Gasteiger partial charge in [0.1, 0.15) is 16.5 Å². The smallest absolute Gasteiger partial charge is 0.141 e. The van der Waals surface area contributed by atoms with Gasteiger partial charge in [-0.25, -0.2) is 9.97 Å². The van der Waals surface area contributed by atoms with Gasteiger partial charge in [0.25, 0.3) is 0 Å². The highest BCUT2D eigenvalue weighted by molar-refractivity contribution is 7.16. The fourth-order valence-electron chi connectivity index (χ4n) is 2.78. The lowest BCUT2D eigenvalue weighted by Crippen LogP contribution is -2.47. The second-order valence-electron chi connectivity index (χ2n) is 5.46. The molecule has 0 radical (unpaired) electrons. The molecular weight excluding hydrogens is 286 g/mol. The van der Waals surface area contributed by atoms with Gasteiger partial charge in [-0.2, -0.15) is 0 Å². The van der Waals surface area contributed by atoms with Gasteiger partial charge in [0, 0.05) is 13.0 Å². The van der Waals surface area contributed by atoms with Crippen molar-refractivity contribution in [2.75, 3.05) is 24.7 Å². The molecule has 3 heterocycles. The molecule has 1 aliphatic rings. The molecule has 0 aromatic carbocycles. The second-order valence-corrected chi connectivity index (χ2v) is 6.36. The normalized spacial score (nSPS) is 20.9. The van der Waals surface area contributed by atoms with Gasteiger partial charge >= 0.3 is 0 Å². The van der Waals surface area contributed by atoms with Gasteiger partial charge in [-0.1, -0.05) is 6.92 Å². The lowest BCUT2D eigenvalue weighted by atomic mass is 10.1. The van der Waals surface area contributed by atoms with E-state index in [4.69, 9.17) is 9.72 Å². The zero-order chi connectivity index (χ0) is 14.8. The Bertz CT molecular complexity index is 614. The fourth-order valence-corrected chi connectivity index (χ4v) is 3.56. The average molecular weight is 307 g/mol. The molecule has 2 aromatic rings. The highest BCUT2D eigenvalue weighted by Crippen LogP contribution is 2.31. The molecule has 2 atom stereocenters. The van der Waals surface area contributed by atoms with E-state index in [-0.39, 0.29) is 12.1 Å². The fraction of sp³-hybridized carbons (Fsp3) is 0.600. The molecule has 2 aromatic heterocycles. The van der Waals surface area contributed by atoms with Crippen molar-refractivity contribution in [1.29, 1.82) is 0 Å². The Labute approximate surface area is 128 Å². The predicted octanol–water partition coefficient (Wildman–Crippen LogP) is 2.23. The lowest BCUT2D eigenvalue weighted by molar-refractivity contribution is 0.0719. The van der Waals surface area contributed by atoms with Crippen LogP contribution in [0.2, 0.25) is 0 Å². The molecule has 1 N–H and O–H groups in total. The number of hydrogen-bond donors (Lipinski definition) is 1. The molecule has 0 spiro atoms. The van der Waals surface area contributed by atoms with E-state index >= 15 is 0 Å². The molecular formula is C15H21N3O2S. The predicted molar refractivity (Wildman–Crippen MR) is 85.0 cm³/mol. The summed E-state index contributed by atoms with van der Waals surface area (Å²) in [5.74, 6) is 1.87. The summed E-state index contributed by atoms with van der Waals surface area (Å²) >= 11 is 1.65. The molecule has 5 nitrogen and oxygen atoms in total. The maximum Gasteiger partial charge on any atom is 0.141 e. The van der Waals surface area contributed by atoms with Crippen LogP contribution in [0.5, 0.6) is 0 Å². The van der Waals surface area contributed by atoms with E-state index < -0.39 is 0 Å². The summed E-state index contributed by atoms with van der Waals surface area (Å²) in [6.07, 6.45) is 1.17. The maximum absolute atomic E-state index is 9.73. The van der Waals surface area contributed by atoms with Gasteiger partial charge in [0.2, 0.25) is 0 Å². The first kappa shape index (κ1) is 14.7. The summed E-state index contributed by atoms with van der Waals surface area (Å²) in [5.41, 5.74) is 0. The number of aliphatic hydroxyl groups excluding tert-OH is 1. The zero-order valence-corrected chi connectivity index (χ0v) is 13.3. The Hall–Kier alpha value is -1.24. The first-order valence-electron chi connectivity index (χ1n) is 7.45. The molecule has 21 heavy (non-hydrogen) atoms. The average Bonchev–Trinajstić information content (AvgIpc) is 2.94. The topological polar surface area (TPSA) is 58.5 Å². The van der Waals surface area contributed by atoms with E-state index in [1.165, 1.54) is 0 Å². The summed E-state index contributed by atoms with van der Waals surface area (Å²) < 4.78 is 5.59. The van der Waals surface area contributed by atoms with Crippen molar-refractivity contribution >= 4 is 27.4 Å². The Kier molecular flexibility index (Phi) is 4.37. The minimum atomic E-state index is -0.343. The standard InChI is InChI=1S/C15H21N3O2S/c1-3-13-16-14(12-4-7-21-15(12)17-13)18-5-6-20-9-11(18)8-10(2)19/h4,7,10-11,19H,3,5-6,8-9H2,1-2H3. The first-order valence-corrected chi connectivity index (χ1v) is 8.33. The minimum Gasteiger partial charge on any atom is -0.393 e. The van der Waals surface area contributed by atoms with Crippen molar-refractivity contribution in [3.8, 4) is 0 Å². The van der Waals surface area contributed by atoms with E-state index in [1.54, 1.807) is 11.3 Å². The summed E-state index contributed by atoms with van der Waals surface area (Å²) in [5, 5.41) is 12.9. The van der Waals surface area contributed by atoms with Gasteiger partial charge in [-0.3, -0.25) is 0 Å². The molecule has 0 saturated carbocycles. The van der Waals surface area contributed by atoms with Gasteiger partial charge in [-0.05, 0) is 24.8 Å². The number of nitrogens with zero attached hydrogens (tertiary/aromatic N) is 3. The number of rotatable bonds is 4. The van der Waals surface area contributed by atoms with E-state index in [2.05, 4.69) is 28.3 Å². The Balaban J connectivity index is 2.01. The van der Waals surface area contributed by atoms with E-state index in [0.717, 1.165) is 34.8 Å². The van der Waals surface area contributed by atoms with Crippen LogP contribution in [0.4, 0.5) is 5.82 Å². The molecule has 3 rings (SSSR count). The van der Waals surface area contributed by atoms with Crippen LogP contribution in [0.3, 0.4) is 0 Å². The molecule has 0 bridgehead atoms. The van der Waals surface area contributed by atoms with Crippen molar-refractivity contribution in [3.63, 3.8) is 0 Å². The summed E-state index contributed by atoms with van der Waals surface area (Å²) in [6.45, 7) is 6.05. The van der Waals surface area contributed by atoms with E-state index in [1.807, 2.05) is 6.92 Å². The second kappa shape index (κ2) is 6.25. The number of ether oxygens (including phenoxy) is 1. The molecule has 114 valence electrons. The van der Waals surface area contributed by atoms with Crippen LogP contribution in [0.25, 0.3) is 10.2 Å². The van der Waals surface area contributed by atoms with Crippen molar-refractivity contribution in [3.05, 3.63) is 17.3 Å². The number of hydrogen-bond acceptors (Lipinski definition) is 6. The third kappa shape index (κ3) is 3.02. The third-order valence-electron chi connectivity index (χ3n) is 3.78. The SMILES string of the molecule is CCc1nc(N2CCOCC2CC(C)O)c2ccsc2n1. The van der Waals surface area contributed by atoms with Crippen molar-refractivity contribution < 1.29 is 9.84 Å². The van der Waals surface area contributed by atoms with Crippen LogP contribution in [0.15, 0.2) is 11.4 Å². The van der Waals surface area contributed by atoms with Crippen molar-refractivity contribution in [2.45, 2.75) is 38.8 Å². The molecule has 6 heteroatoms. The maximum atomic E-state index is 9.73. The number of morpholine rings is 1. The Morgan fingerprint density at radius 3 is 3.14 bits per heavy atom. The third-order valence-corrected chi connectivity index (χ3v) is 4.59. The molecule has 1 aliphatic heterocycles. The molecule has 0 aliphatic carbocycles. The number of aliphatic hydroxyl groups is 1. The number of anilines is 1. The van der Waals surface area contributed by atoms with Crippen LogP contribution in [0, 0.1) is 0 Å². The first-order chi connectivity index (χ1) is 10.2. The Morgan fingerprint density at radius 2 is 2.38 bits per heavy atom. The van der Waals surface area contributed by atoms with Gasteiger partial charge in [0.05, 0.1) is 30.7 Å². The number of thiophene rings is 1. The number of fused-ring (bicyclic) bond motifs is 1. The zero-order valence-electron chi connectivity index (χ0n) is 12.5. The highest BCUT2D eigenvalue weighted by Gasteiger charge is 2.27. The van der Waals surface area contributed by atoms with Crippen LogP contribution < -0.4 is 4.90 Å². The largest absolute Gasteiger partial charge is 0.393 e. The highest BCUT2D eigenvalue weighted by atomic mass is 32.1. The molecule has 2 unspecified atom stereocenters. The molecule has 0 amide bonds. The van der Waals surface area contributed by atoms with Gasteiger partial charge in [-0.15, -0.1) is 11.3 Å². The van der Waals surface area contributed by atoms with Crippen molar-refractivity contribution in [1.82, 2.24) is 9.97 Å². The monoisotopic (exact) mass is 307 g/mol. The van der Waals surface area contributed by atoms with Crippen LogP contribution in [-0.2, 0) is 11.2 Å². The van der Waals surface area contributed by atoms with E-state index in [0.29, 0.717) is 19.6 Å². The van der Waals surface area contributed by atoms with Crippen LogP contribution >= 0.6 is 11.3 Å². The Morgan fingerprint density at radius 1 is 1.52 bits per heavy atom. The quantitative estimate of drug-likeness (QED) is 0.938. The summed E-state index contributed by atoms with van der Waals surface area (Å²) in [6, 6.07) is 2.25. The van der Waals surface area contributed by atoms with E-state index in [9.17, 15) is 5.11 Å². The van der Waals surface area contributed by atoms with Crippen LogP contribution in [-0.4, -0.2) is 47.0 Å². The van der Waals surface area contributed by atoms with Gasteiger partial charge < -0.3 is 14.7 Å². The number of aromatic nitrogens is 2. The van der Waals surface area contributed by atoms with Gasteiger partial charge in [0.15, 0.2) is 0 Å².